The Morgan fingerprint density at radius 1 is 0.458 bits per heavy atom. The monoisotopic (exact) mass is 756 g/mol. The van der Waals surface area contributed by atoms with Gasteiger partial charge in [0.05, 0.1) is 17.9 Å². The molecule has 1 aliphatic heterocycles. The van der Waals surface area contributed by atoms with Crippen molar-refractivity contribution < 1.29 is 4.42 Å². The molecule has 0 amide bonds. The van der Waals surface area contributed by atoms with Gasteiger partial charge in [0, 0.05) is 45.8 Å². The summed E-state index contributed by atoms with van der Waals surface area (Å²) in [4.78, 5) is 7.17. The van der Waals surface area contributed by atoms with Crippen molar-refractivity contribution in [2.45, 2.75) is 19.3 Å². The van der Waals surface area contributed by atoms with Crippen LogP contribution >= 0.6 is 0 Å². The number of para-hydroxylation sites is 2. The lowest BCUT2D eigenvalue weighted by atomic mass is 9.80. The fourth-order valence-corrected chi connectivity index (χ4v) is 9.99. The highest BCUT2D eigenvalue weighted by Crippen LogP contribution is 2.51. The van der Waals surface area contributed by atoms with Crippen molar-refractivity contribution in [2.24, 2.45) is 4.99 Å². The zero-order chi connectivity index (χ0) is 39.4. The summed E-state index contributed by atoms with van der Waals surface area (Å²) in [5.74, 6) is 0. The van der Waals surface area contributed by atoms with Crippen molar-refractivity contribution in [1.82, 2.24) is 0 Å². The number of hydrogen-bond acceptors (Lipinski definition) is 3. The second-order valence-corrected chi connectivity index (χ2v) is 16.8. The van der Waals surface area contributed by atoms with Crippen molar-refractivity contribution in [3.8, 4) is 55.6 Å². The molecule has 280 valence electrons. The van der Waals surface area contributed by atoms with Crippen LogP contribution in [0.15, 0.2) is 179 Å². The van der Waals surface area contributed by atoms with Gasteiger partial charge in [-0.15, -0.1) is 0 Å². The molecule has 1 aliphatic carbocycles. The van der Waals surface area contributed by atoms with Gasteiger partial charge >= 0.3 is 0 Å². The third-order valence-electron chi connectivity index (χ3n) is 13.1. The molecule has 59 heavy (non-hydrogen) atoms. The summed E-state index contributed by atoms with van der Waals surface area (Å²) in [6.07, 6.45) is 2.01. The van der Waals surface area contributed by atoms with Gasteiger partial charge in [-0.3, -0.25) is 4.99 Å². The lowest BCUT2D eigenvalue weighted by Gasteiger charge is -2.26. The van der Waals surface area contributed by atoms with E-state index < -0.39 is 0 Å². The summed E-state index contributed by atoms with van der Waals surface area (Å²) in [6, 6.07) is 62.4. The summed E-state index contributed by atoms with van der Waals surface area (Å²) in [5, 5.41) is 7.26. The van der Waals surface area contributed by atoms with Gasteiger partial charge in [-0.2, -0.15) is 0 Å². The van der Waals surface area contributed by atoms with E-state index in [9.17, 15) is 0 Å². The Balaban J connectivity index is 0.857. The molecule has 3 heteroatoms. The van der Waals surface area contributed by atoms with E-state index in [1.165, 1.54) is 88.4 Å². The molecule has 9 aromatic carbocycles. The van der Waals surface area contributed by atoms with Crippen LogP contribution < -0.4 is 4.90 Å². The Morgan fingerprint density at radius 2 is 1.03 bits per heavy atom. The number of aliphatic imine (C=N–C) groups is 1. The van der Waals surface area contributed by atoms with E-state index in [2.05, 4.69) is 190 Å². The van der Waals surface area contributed by atoms with Crippen LogP contribution in [-0.4, -0.2) is 19.8 Å². The molecule has 0 saturated heterocycles. The Bertz CT molecular complexity index is 3400. The van der Waals surface area contributed by atoms with E-state index in [-0.39, 0.29) is 5.41 Å². The van der Waals surface area contributed by atoms with Crippen molar-refractivity contribution in [3.63, 3.8) is 0 Å². The van der Waals surface area contributed by atoms with Crippen molar-refractivity contribution >= 4 is 61.1 Å². The molecule has 1 aromatic heterocycles. The molecule has 0 radical (unpaired) electrons. The third kappa shape index (κ3) is 5.11. The lowest BCUT2D eigenvalue weighted by molar-refractivity contribution is 0.660. The second kappa shape index (κ2) is 12.6. The lowest BCUT2D eigenvalue weighted by Crippen LogP contribution is -2.22. The SMILES string of the molecule is CN1CC=Nc2c1c1ccc(-c3cccc(-c4ccc(-c5ccc6c(c5)C(C)(C)c5cc(-c7cccc8c7oc7ccccc78)ccc5-6)cc4)c3)cc1c1ccccc21. The minimum Gasteiger partial charge on any atom is -0.455 e. The van der Waals surface area contributed by atoms with Crippen LogP contribution in [0.1, 0.15) is 25.0 Å². The predicted molar refractivity (Wildman–Crippen MR) is 249 cm³/mol. The summed E-state index contributed by atoms with van der Waals surface area (Å²) in [7, 11) is 2.16. The highest BCUT2D eigenvalue weighted by molar-refractivity contribution is 6.21. The Morgan fingerprint density at radius 3 is 1.81 bits per heavy atom. The number of anilines is 1. The molecule has 12 rings (SSSR count). The minimum absolute atomic E-state index is 0.156. The maximum atomic E-state index is 6.44. The molecule has 0 fully saturated rings. The first-order chi connectivity index (χ1) is 28.9. The Kier molecular flexibility index (Phi) is 7.25. The number of nitrogens with zero attached hydrogens (tertiary/aromatic N) is 2. The number of fused-ring (bicyclic) bond motifs is 12. The van der Waals surface area contributed by atoms with E-state index >= 15 is 0 Å². The van der Waals surface area contributed by atoms with Gasteiger partial charge < -0.3 is 9.32 Å². The van der Waals surface area contributed by atoms with Crippen LogP contribution in [0.2, 0.25) is 0 Å². The summed E-state index contributed by atoms with van der Waals surface area (Å²) in [5.41, 5.74) is 18.9. The average Bonchev–Trinajstić information content (AvgIpc) is 3.78. The molecular formula is C56H40N2O. The molecular weight excluding hydrogens is 717 g/mol. The fraction of sp³-hybridized carbons (Fsp3) is 0.0893. The second-order valence-electron chi connectivity index (χ2n) is 16.8. The molecule has 10 aromatic rings. The predicted octanol–water partition coefficient (Wildman–Crippen LogP) is 15.0. The maximum absolute atomic E-state index is 6.44. The summed E-state index contributed by atoms with van der Waals surface area (Å²) >= 11 is 0. The Labute approximate surface area is 343 Å². The highest BCUT2D eigenvalue weighted by atomic mass is 16.3. The van der Waals surface area contributed by atoms with Crippen LogP contribution in [0, 0.1) is 0 Å². The number of furan rings is 1. The van der Waals surface area contributed by atoms with Crippen molar-refractivity contribution in [1.29, 1.82) is 0 Å². The van der Waals surface area contributed by atoms with Gasteiger partial charge in [-0.25, -0.2) is 0 Å². The van der Waals surface area contributed by atoms with E-state index in [1.807, 2.05) is 12.3 Å². The van der Waals surface area contributed by atoms with Crippen molar-refractivity contribution in [3.05, 3.63) is 181 Å². The smallest absolute Gasteiger partial charge is 0.143 e. The van der Waals surface area contributed by atoms with Crippen LogP contribution in [0.25, 0.3) is 99.1 Å². The normalized spacial score (nSPS) is 14.0. The first-order valence-electron chi connectivity index (χ1n) is 20.5. The van der Waals surface area contributed by atoms with Gasteiger partial charge in [-0.1, -0.05) is 153 Å². The Hall–Kier alpha value is -7.23. The van der Waals surface area contributed by atoms with E-state index in [0.29, 0.717) is 0 Å². The zero-order valence-electron chi connectivity index (χ0n) is 33.3. The van der Waals surface area contributed by atoms with Crippen LogP contribution in [-0.2, 0) is 5.41 Å². The minimum atomic E-state index is -0.156. The quantitative estimate of drug-likeness (QED) is 0.167. The number of hydrogen-bond donors (Lipinski definition) is 0. The van der Waals surface area contributed by atoms with Gasteiger partial charge in [0.2, 0.25) is 0 Å². The molecule has 0 N–H and O–H groups in total. The molecule has 3 nitrogen and oxygen atoms in total. The molecule has 0 unspecified atom stereocenters. The molecule has 0 saturated carbocycles. The zero-order valence-corrected chi connectivity index (χ0v) is 33.3. The largest absolute Gasteiger partial charge is 0.455 e. The van der Waals surface area contributed by atoms with E-state index in [4.69, 9.17) is 9.41 Å². The number of benzene rings is 9. The molecule has 0 spiro atoms. The standard InChI is InChI=1S/C56H40N2O/c1-56(2)50-32-39(22-25-43(50)44-26-24-40(33-51(44)56)41-15-9-16-48-45-13-6-7-17-52(45)59-55(41)48)35-20-18-34(19-21-35)36-10-8-11-37(30-36)38-23-27-47-49(31-38)42-12-4-5-14-46(42)53-54(47)58(3)29-28-57-53/h4-28,30-33H,29H2,1-3H3. The topological polar surface area (TPSA) is 28.7 Å². The van der Waals surface area contributed by atoms with Gasteiger partial charge in [0.15, 0.2) is 0 Å². The first-order valence-corrected chi connectivity index (χ1v) is 20.5. The first kappa shape index (κ1) is 33.9. The fourth-order valence-electron chi connectivity index (χ4n) is 9.99. The highest BCUT2D eigenvalue weighted by Gasteiger charge is 2.36. The van der Waals surface area contributed by atoms with E-state index in [1.54, 1.807) is 0 Å². The van der Waals surface area contributed by atoms with Crippen molar-refractivity contribution in [2.75, 3.05) is 18.5 Å². The van der Waals surface area contributed by atoms with E-state index in [0.717, 1.165) is 39.7 Å². The summed E-state index contributed by atoms with van der Waals surface area (Å²) in [6.45, 7) is 5.54. The molecule has 0 bridgehead atoms. The number of rotatable bonds is 4. The third-order valence-corrected chi connectivity index (χ3v) is 13.1. The van der Waals surface area contributed by atoms with Crippen LogP contribution in [0.4, 0.5) is 11.4 Å². The molecule has 2 aliphatic rings. The maximum Gasteiger partial charge on any atom is 0.143 e. The van der Waals surface area contributed by atoms with Gasteiger partial charge in [0.1, 0.15) is 11.2 Å². The molecule has 0 atom stereocenters. The average molecular weight is 757 g/mol. The summed E-state index contributed by atoms with van der Waals surface area (Å²) < 4.78 is 6.44. The van der Waals surface area contributed by atoms with Gasteiger partial charge in [0.25, 0.3) is 0 Å². The van der Waals surface area contributed by atoms with Gasteiger partial charge in [-0.05, 0) is 102 Å². The van der Waals surface area contributed by atoms with Crippen LogP contribution in [0.5, 0.6) is 0 Å². The van der Waals surface area contributed by atoms with Crippen LogP contribution in [0.3, 0.4) is 0 Å². The molecule has 2 heterocycles.